The minimum atomic E-state index is -0.623. The van der Waals surface area contributed by atoms with Gasteiger partial charge in [-0.05, 0) is 11.1 Å². The third kappa shape index (κ3) is 1.86. The molecule has 1 saturated heterocycles. The minimum absolute atomic E-state index is 0.486. The second-order valence-corrected chi connectivity index (χ2v) is 4.94. The number of hydrogen-bond donors (Lipinski definition) is 1. The Bertz CT molecular complexity index is 360. The summed E-state index contributed by atoms with van der Waals surface area (Å²) in [5.74, 6) is 0. The van der Waals surface area contributed by atoms with Gasteiger partial charge in [0.1, 0.15) is 5.60 Å². The van der Waals surface area contributed by atoms with E-state index in [-0.39, 0.29) is 0 Å². The third-order valence-corrected chi connectivity index (χ3v) is 3.51. The van der Waals surface area contributed by atoms with Gasteiger partial charge in [-0.2, -0.15) is 0 Å². The van der Waals surface area contributed by atoms with Crippen LogP contribution < -0.4 is 0 Å². The average Bonchev–Trinajstić information content (AvgIpc) is 2.84. The molecule has 1 unspecified atom stereocenters. The van der Waals surface area contributed by atoms with Gasteiger partial charge in [0.25, 0.3) is 0 Å². The summed E-state index contributed by atoms with van der Waals surface area (Å²) in [6.45, 7) is 3.82. The van der Waals surface area contributed by atoms with Gasteiger partial charge in [0.15, 0.2) is 0 Å². The van der Waals surface area contributed by atoms with E-state index in [1.54, 1.807) is 0 Å². The first kappa shape index (κ1) is 10.3. The van der Waals surface area contributed by atoms with Crippen LogP contribution in [0.5, 0.6) is 0 Å². The largest absolute Gasteiger partial charge is 0.386 e. The lowest BCUT2D eigenvalue weighted by Gasteiger charge is -2.26. The van der Waals surface area contributed by atoms with Crippen molar-refractivity contribution < 1.29 is 9.84 Å². The summed E-state index contributed by atoms with van der Waals surface area (Å²) in [6.07, 6.45) is 0.764. The third-order valence-electron chi connectivity index (χ3n) is 3.51. The van der Waals surface area contributed by atoms with E-state index in [0.717, 1.165) is 26.1 Å². The van der Waals surface area contributed by atoms with Gasteiger partial charge in [-0.15, -0.1) is 0 Å². The van der Waals surface area contributed by atoms with Gasteiger partial charge >= 0.3 is 0 Å². The predicted octanol–water partition coefficient (Wildman–Crippen LogP) is 1.15. The summed E-state index contributed by atoms with van der Waals surface area (Å²) < 4.78 is 5.27. The molecular formula is C13H17NO2. The fourth-order valence-electron chi connectivity index (χ4n) is 2.65. The van der Waals surface area contributed by atoms with E-state index < -0.39 is 5.60 Å². The normalized spacial score (nSPS) is 29.6. The summed E-state index contributed by atoms with van der Waals surface area (Å²) in [5.41, 5.74) is 2.16. The number of hydrogen-bond acceptors (Lipinski definition) is 3. The highest BCUT2D eigenvalue weighted by atomic mass is 16.5. The molecule has 3 rings (SSSR count). The summed E-state index contributed by atoms with van der Waals surface area (Å²) in [4.78, 5) is 2.30. The fourth-order valence-corrected chi connectivity index (χ4v) is 2.65. The molecule has 1 aromatic rings. The predicted molar refractivity (Wildman–Crippen MR) is 60.9 cm³/mol. The van der Waals surface area contributed by atoms with Crippen molar-refractivity contribution in [3.8, 4) is 0 Å². The molecule has 2 heterocycles. The summed E-state index contributed by atoms with van der Waals surface area (Å²) in [5, 5.41) is 10.3. The summed E-state index contributed by atoms with van der Waals surface area (Å²) in [6, 6.07) is 8.50. The van der Waals surface area contributed by atoms with Gasteiger partial charge in [0.2, 0.25) is 0 Å². The standard InChI is InChI=1S/C13H17NO2/c15-13(5-6-16-10-13)9-14-7-11-3-1-2-4-12(11)8-14/h1-4,15H,5-10H2. The highest BCUT2D eigenvalue weighted by molar-refractivity contribution is 5.30. The number of ether oxygens (including phenoxy) is 1. The molecule has 1 atom stereocenters. The monoisotopic (exact) mass is 219 g/mol. The van der Waals surface area contributed by atoms with Gasteiger partial charge in [0, 0.05) is 32.7 Å². The molecule has 0 spiro atoms. The number of nitrogens with zero attached hydrogens (tertiary/aromatic N) is 1. The van der Waals surface area contributed by atoms with Crippen LogP contribution in [0.1, 0.15) is 17.5 Å². The Labute approximate surface area is 95.6 Å². The maximum atomic E-state index is 10.3. The minimum Gasteiger partial charge on any atom is -0.386 e. The smallest absolute Gasteiger partial charge is 0.103 e. The van der Waals surface area contributed by atoms with Gasteiger partial charge in [0.05, 0.1) is 6.61 Å². The van der Waals surface area contributed by atoms with E-state index in [0.29, 0.717) is 13.2 Å². The lowest BCUT2D eigenvalue weighted by Crippen LogP contribution is -2.41. The maximum Gasteiger partial charge on any atom is 0.103 e. The zero-order chi connectivity index (χ0) is 11.0. The molecule has 0 aromatic heterocycles. The van der Waals surface area contributed by atoms with Crippen molar-refractivity contribution in [2.45, 2.75) is 25.1 Å². The van der Waals surface area contributed by atoms with Crippen LogP contribution in [0.15, 0.2) is 24.3 Å². The molecule has 1 N–H and O–H groups in total. The Morgan fingerprint density at radius 3 is 2.50 bits per heavy atom. The Morgan fingerprint density at radius 2 is 1.94 bits per heavy atom. The maximum absolute atomic E-state index is 10.3. The fraction of sp³-hybridized carbons (Fsp3) is 0.538. The van der Waals surface area contributed by atoms with Crippen LogP contribution in [0.3, 0.4) is 0 Å². The van der Waals surface area contributed by atoms with E-state index in [2.05, 4.69) is 29.2 Å². The Kier molecular flexibility index (Phi) is 2.46. The van der Waals surface area contributed by atoms with Crippen LogP contribution in [0, 0.1) is 0 Å². The van der Waals surface area contributed by atoms with Crippen LogP contribution in [-0.2, 0) is 17.8 Å². The molecule has 2 aliphatic rings. The van der Waals surface area contributed by atoms with E-state index >= 15 is 0 Å². The number of rotatable bonds is 2. The zero-order valence-electron chi connectivity index (χ0n) is 9.35. The van der Waals surface area contributed by atoms with Gasteiger partial charge < -0.3 is 9.84 Å². The average molecular weight is 219 g/mol. The quantitative estimate of drug-likeness (QED) is 0.810. The lowest BCUT2D eigenvalue weighted by atomic mass is 10.0. The first-order valence-electron chi connectivity index (χ1n) is 5.84. The van der Waals surface area contributed by atoms with Gasteiger partial charge in [-0.3, -0.25) is 4.90 Å². The van der Waals surface area contributed by atoms with Crippen LogP contribution in [0.2, 0.25) is 0 Å². The second-order valence-electron chi connectivity index (χ2n) is 4.94. The van der Waals surface area contributed by atoms with Crippen molar-refractivity contribution in [1.29, 1.82) is 0 Å². The van der Waals surface area contributed by atoms with Crippen molar-refractivity contribution in [3.05, 3.63) is 35.4 Å². The summed E-state index contributed by atoms with van der Waals surface area (Å²) in [7, 11) is 0. The van der Waals surface area contributed by atoms with Gasteiger partial charge in [-0.1, -0.05) is 24.3 Å². The van der Waals surface area contributed by atoms with Crippen molar-refractivity contribution in [3.63, 3.8) is 0 Å². The van der Waals surface area contributed by atoms with Gasteiger partial charge in [-0.25, -0.2) is 0 Å². The van der Waals surface area contributed by atoms with Crippen LogP contribution >= 0.6 is 0 Å². The molecule has 3 heteroatoms. The van der Waals surface area contributed by atoms with Crippen LogP contribution in [0.25, 0.3) is 0 Å². The Morgan fingerprint density at radius 1 is 1.25 bits per heavy atom. The molecular weight excluding hydrogens is 202 g/mol. The van der Waals surface area contributed by atoms with Crippen molar-refractivity contribution in [2.24, 2.45) is 0 Å². The molecule has 0 aliphatic carbocycles. The topological polar surface area (TPSA) is 32.7 Å². The number of fused-ring (bicyclic) bond motifs is 1. The first-order chi connectivity index (χ1) is 7.75. The molecule has 1 aromatic carbocycles. The Hall–Kier alpha value is -0.900. The van der Waals surface area contributed by atoms with E-state index in [4.69, 9.17) is 4.74 Å². The molecule has 3 nitrogen and oxygen atoms in total. The van der Waals surface area contributed by atoms with Crippen LogP contribution in [0.4, 0.5) is 0 Å². The van der Waals surface area contributed by atoms with Crippen molar-refractivity contribution in [1.82, 2.24) is 4.90 Å². The van der Waals surface area contributed by atoms with Crippen molar-refractivity contribution >= 4 is 0 Å². The number of aliphatic hydroxyl groups is 1. The molecule has 16 heavy (non-hydrogen) atoms. The molecule has 0 bridgehead atoms. The molecule has 1 fully saturated rings. The molecule has 0 radical (unpaired) electrons. The zero-order valence-corrected chi connectivity index (χ0v) is 9.35. The molecule has 0 saturated carbocycles. The van der Waals surface area contributed by atoms with E-state index in [1.165, 1.54) is 11.1 Å². The molecule has 86 valence electrons. The van der Waals surface area contributed by atoms with E-state index in [1.807, 2.05) is 0 Å². The van der Waals surface area contributed by atoms with Crippen molar-refractivity contribution in [2.75, 3.05) is 19.8 Å². The highest BCUT2D eigenvalue weighted by Crippen LogP contribution is 2.26. The number of β-amino-alcohol motifs (C(OH)–C–C–N with tert-alkyl or cyclic N) is 1. The van der Waals surface area contributed by atoms with E-state index in [9.17, 15) is 5.11 Å². The SMILES string of the molecule is OC1(CN2Cc3ccccc3C2)CCOC1. The first-order valence-corrected chi connectivity index (χ1v) is 5.84. The lowest BCUT2D eigenvalue weighted by molar-refractivity contribution is -0.00560. The Balaban J connectivity index is 1.68. The number of benzene rings is 1. The summed E-state index contributed by atoms with van der Waals surface area (Å²) >= 11 is 0. The molecule has 2 aliphatic heterocycles. The highest BCUT2D eigenvalue weighted by Gasteiger charge is 2.35. The van der Waals surface area contributed by atoms with Crippen LogP contribution in [-0.4, -0.2) is 35.4 Å². The second kappa shape index (κ2) is 3.84. The molecule has 0 amide bonds.